The maximum atomic E-state index is 12.4. The summed E-state index contributed by atoms with van der Waals surface area (Å²) in [6.45, 7) is 0.481. The summed E-state index contributed by atoms with van der Waals surface area (Å²) in [5.41, 5.74) is 1.73. The second-order valence-corrected chi connectivity index (χ2v) is 7.02. The second kappa shape index (κ2) is 8.23. The Kier molecular flexibility index (Phi) is 5.78. The molecule has 0 aromatic heterocycles. The molecular formula is C19H20BrN3O3. The summed E-state index contributed by atoms with van der Waals surface area (Å²) in [5.74, 6) is 0.698. The maximum absolute atomic E-state index is 12.4. The molecule has 0 radical (unpaired) electrons. The number of anilines is 1. The van der Waals surface area contributed by atoms with Gasteiger partial charge < -0.3 is 20.7 Å². The van der Waals surface area contributed by atoms with Crippen LogP contribution in [0.1, 0.15) is 17.9 Å². The van der Waals surface area contributed by atoms with Gasteiger partial charge in [-0.1, -0.05) is 28.1 Å². The highest BCUT2D eigenvalue weighted by molar-refractivity contribution is 9.10. The summed E-state index contributed by atoms with van der Waals surface area (Å²) in [6.07, 6.45) is 0.241. The number of piperidine rings is 1. The van der Waals surface area contributed by atoms with E-state index in [0.717, 1.165) is 15.8 Å². The van der Waals surface area contributed by atoms with Crippen LogP contribution >= 0.6 is 15.9 Å². The first-order valence-corrected chi connectivity index (χ1v) is 9.08. The number of hydrogen-bond donors (Lipinski definition) is 3. The van der Waals surface area contributed by atoms with E-state index in [-0.39, 0.29) is 30.3 Å². The molecule has 2 atom stereocenters. The molecule has 2 unspecified atom stereocenters. The van der Waals surface area contributed by atoms with E-state index >= 15 is 0 Å². The first-order chi connectivity index (χ1) is 12.5. The number of carbonyl (C=O) groups is 2. The van der Waals surface area contributed by atoms with Gasteiger partial charge in [-0.05, 0) is 42.0 Å². The van der Waals surface area contributed by atoms with Crippen LogP contribution in [-0.4, -0.2) is 31.6 Å². The van der Waals surface area contributed by atoms with Crippen molar-refractivity contribution in [2.24, 2.45) is 0 Å². The first kappa shape index (κ1) is 18.3. The quantitative estimate of drug-likeness (QED) is 0.713. The number of ether oxygens (including phenoxy) is 1. The molecule has 3 rings (SSSR count). The Morgan fingerprint density at radius 1 is 1.15 bits per heavy atom. The average molecular weight is 418 g/mol. The van der Waals surface area contributed by atoms with Crippen LogP contribution in [0, 0.1) is 0 Å². The average Bonchev–Trinajstić information content (AvgIpc) is 2.64. The molecule has 3 amide bonds. The minimum atomic E-state index is -0.328. The van der Waals surface area contributed by atoms with Crippen LogP contribution in [0.2, 0.25) is 0 Å². The van der Waals surface area contributed by atoms with Crippen LogP contribution in [0.4, 0.5) is 10.5 Å². The van der Waals surface area contributed by atoms with Crippen molar-refractivity contribution in [1.29, 1.82) is 0 Å². The van der Waals surface area contributed by atoms with Crippen molar-refractivity contribution in [2.45, 2.75) is 18.4 Å². The van der Waals surface area contributed by atoms with Crippen molar-refractivity contribution < 1.29 is 14.3 Å². The molecule has 1 heterocycles. The zero-order valence-electron chi connectivity index (χ0n) is 14.3. The number of carbonyl (C=O) groups excluding carboxylic acids is 2. The standard InChI is InChI=1S/C19H20BrN3O3/c1-26-15-8-2-12(3-9-15)16-11-21-18(24)10-17(16)23-19(25)22-14-6-4-13(20)5-7-14/h2-9,16-17H,10-11H2,1H3,(H,21,24)(H2,22,23,25). The molecule has 1 aliphatic heterocycles. The summed E-state index contributed by atoms with van der Waals surface area (Å²) in [7, 11) is 1.62. The molecule has 0 aliphatic carbocycles. The lowest BCUT2D eigenvalue weighted by molar-refractivity contribution is -0.123. The van der Waals surface area contributed by atoms with Crippen molar-refractivity contribution in [3.63, 3.8) is 0 Å². The largest absolute Gasteiger partial charge is 0.497 e. The van der Waals surface area contributed by atoms with Crippen LogP contribution in [0.5, 0.6) is 5.75 Å². The molecule has 1 fully saturated rings. The third-order valence-corrected chi connectivity index (χ3v) is 4.90. The van der Waals surface area contributed by atoms with Crippen molar-refractivity contribution in [3.05, 3.63) is 58.6 Å². The predicted octanol–water partition coefficient (Wildman–Crippen LogP) is 3.25. The number of halogens is 1. The lowest BCUT2D eigenvalue weighted by Crippen LogP contribution is -2.51. The topological polar surface area (TPSA) is 79.5 Å². The van der Waals surface area contributed by atoms with Crippen molar-refractivity contribution in [2.75, 3.05) is 19.0 Å². The van der Waals surface area contributed by atoms with E-state index < -0.39 is 0 Å². The molecule has 7 heteroatoms. The Morgan fingerprint density at radius 3 is 2.50 bits per heavy atom. The highest BCUT2D eigenvalue weighted by Crippen LogP contribution is 2.26. The molecular weight excluding hydrogens is 398 g/mol. The highest BCUT2D eigenvalue weighted by Gasteiger charge is 2.31. The van der Waals surface area contributed by atoms with E-state index in [4.69, 9.17) is 4.74 Å². The van der Waals surface area contributed by atoms with Gasteiger partial charge in [-0.3, -0.25) is 4.79 Å². The van der Waals surface area contributed by atoms with E-state index in [9.17, 15) is 9.59 Å². The van der Waals surface area contributed by atoms with Crippen LogP contribution in [0.25, 0.3) is 0 Å². The third-order valence-electron chi connectivity index (χ3n) is 4.37. The van der Waals surface area contributed by atoms with E-state index in [1.54, 1.807) is 19.2 Å². The van der Waals surface area contributed by atoms with Crippen molar-refractivity contribution >= 4 is 33.6 Å². The number of urea groups is 1. The molecule has 6 nitrogen and oxygen atoms in total. The van der Waals surface area contributed by atoms with Crippen LogP contribution < -0.4 is 20.7 Å². The van der Waals surface area contributed by atoms with Gasteiger partial charge in [0.1, 0.15) is 5.75 Å². The Bertz CT molecular complexity index is 778. The summed E-state index contributed by atoms with van der Waals surface area (Å²) in [4.78, 5) is 24.2. The van der Waals surface area contributed by atoms with Gasteiger partial charge in [0.15, 0.2) is 0 Å². The minimum Gasteiger partial charge on any atom is -0.497 e. The van der Waals surface area contributed by atoms with E-state index in [1.807, 2.05) is 36.4 Å². The summed E-state index contributed by atoms with van der Waals surface area (Å²) >= 11 is 3.36. The van der Waals surface area contributed by atoms with Crippen LogP contribution in [0.3, 0.4) is 0 Å². The Balaban J connectivity index is 1.70. The molecule has 3 N–H and O–H groups in total. The van der Waals surface area contributed by atoms with Crippen molar-refractivity contribution in [3.8, 4) is 5.75 Å². The SMILES string of the molecule is COc1ccc(C2CNC(=O)CC2NC(=O)Nc2ccc(Br)cc2)cc1. The molecule has 2 aromatic carbocycles. The Hall–Kier alpha value is -2.54. The van der Waals surface area contributed by atoms with Crippen LogP contribution in [-0.2, 0) is 4.79 Å². The third kappa shape index (κ3) is 4.54. The molecule has 1 saturated heterocycles. The second-order valence-electron chi connectivity index (χ2n) is 6.10. The number of nitrogens with one attached hydrogen (secondary N) is 3. The summed E-state index contributed by atoms with van der Waals surface area (Å²) < 4.78 is 6.12. The van der Waals surface area contributed by atoms with E-state index in [0.29, 0.717) is 12.2 Å². The number of hydrogen-bond acceptors (Lipinski definition) is 3. The monoisotopic (exact) mass is 417 g/mol. The predicted molar refractivity (Wildman–Crippen MR) is 103 cm³/mol. The molecule has 1 aliphatic rings. The fourth-order valence-electron chi connectivity index (χ4n) is 3.00. The number of amides is 3. The van der Waals surface area contributed by atoms with E-state index in [2.05, 4.69) is 31.9 Å². The summed E-state index contributed by atoms with van der Waals surface area (Å²) in [5, 5.41) is 8.61. The molecule has 0 spiro atoms. The van der Waals surface area contributed by atoms with Gasteiger partial charge in [0, 0.05) is 35.1 Å². The molecule has 136 valence electrons. The lowest BCUT2D eigenvalue weighted by atomic mass is 9.86. The van der Waals surface area contributed by atoms with Gasteiger partial charge in [0.2, 0.25) is 5.91 Å². The Morgan fingerprint density at radius 2 is 1.85 bits per heavy atom. The molecule has 0 bridgehead atoms. The zero-order valence-corrected chi connectivity index (χ0v) is 15.9. The zero-order chi connectivity index (χ0) is 18.5. The fourth-order valence-corrected chi connectivity index (χ4v) is 3.27. The van der Waals surface area contributed by atoms with Gasteiger partial charge in [-0.2, -0.15) is 0 Å². The first-order valence-electron chi connectivity index (χ1n) is 8.29. The van der Waals surface area contributed by atoms with Gasteiger partial charge in [-0.15, -0.1) is 0 Å². The molecule has 0 saturated carbocycles. The van der Waals surface area contributed by atoms with Gasteiger partial charge >= 0.3 is 6.03 Å². The maximum Gasteiger partial charge on any atom is 0.319 e. The number of rotatable bonds is 4. The minimum absolute atomic E-state index is 0.00530. The normalized spacial score (nSPS) is 19.4. The van der Waals surface area contributed by atoms with Crippen molar-refractivity contribution in [1.82, 2.24) is 10.6 Å². The fraction of sp³-hybridized carbons (Fsp3) is 0.263. The Labute approximate surface area is 160 Å². The van der Waals surface area contributed by atoms with Crippen LogP contribution in [0.15, 0.2) is 53.0 Å². The number of methoxy groups -OCH3 is 1. The molecule has 2 aromatic rings. The van der Waals surface area contributed by atoms with Gasteiger partial charge in [0.05, 0.1) is 7.11 Å². The van der Waals surface area contributed by atoms with Gasteiger partial charge in [-0.25, -0.2) is 4.79 Å². The van der Waals surface area contributed by atoms with Gasteiger partial charge in [0.25, 0.3) is 0 Å². The van der Waals surface area contributed by atoms with E-state index in [1.165, 1.54) is 0 Å². The highest BCUT2D eigenvalue weighted by atomic mass is 79.9. The summed E-state index contributed by atoms with van der Waals surface area (Å²) in [6, 6.07) is 14.4. The smallest absolute Gasteiger partial charge is 0.319 e. The molecule has 26 heavy (non-hydrogen) atoms. The lowest BCUT2D eigenvalue weighted by Gasteiger charge is -2.32. The number of benzene rings is 2.